The third-order valence-electron chi connectivity index (χ3n) is 4.87. The monoisotopic (exact) mass is 471 g/mol. The van der Waals surface area contributed by atoms with Crippen LogP contribution in [0.1, 0.15) is 44.6 Å². The van der Waals surface area contributed by atoms with E-state index in [1.165, 1.54) is 43.2 Å². The predicted octanol–water partition coefficient (Wildman–Crippen LogP) is -1.23. The minimum absolute atomic E-state index is 0. The highest BCUT2D eigenvalue weighted by Crippen LogP contribution is 2.16. The first-order chi connectivity index (χ1) is 13.3. The Morgan fingerprint density at radius 2 is 1.31 bits per heavy atom. The highest BCUT2D eigenvalue weighted by Gasteiger charge is 2.08. The van der Waals surface area contributed by atoms with E-state index in [4.69, 9.17) is 5.26 Å². The molecule has 2 aromatic heterocycles. The fraction of sp³-hybridized carbons (Fsp3) is 0.292. The number of aromatic nitrogens is 2. The largest absolute Gasteiger partial charge is 1.00 e. The zero-order chi connectivity index (χ0) is 18.9. The lowest BCUT2D eigenvalue weighted by Crippen LogP contribution is -3.00. The molecule has 2 heterocycles. The van der Waals surface area contributed by atoms with Gasteiger partial charge in [-0.05, 0) is 29.7 Å². The van der Waals surface area contributed by atoms with Gasteiger partial charge in [0.15, 0.2) is 24.8 Å². The molecule has 0 aliphatic rings. The Labute approximate surface area is 190 Å². The molecular weight excluding hydrogens is 446 g/mol. The number of pyridine rings is 2. The summed E-state index contributed by atoms with van der Waals surface area (Å²) >= 11 is 0. The molecule has 5 heteroatoms. The Bertz CT molecular complexity index is 885. The first-order valence-corrected chi connectivity index (χ1v) is 9.81. The molecule has 3 aromatic rings. The van der Waals surface area contributed by atoms with Crippen LogP contribution in [0.25, 0.3) is 16.8 Å². The van der Waals surface area contributed by atoms with Crippen molar-refractivity contribution >= 4 is 0 Å². The van der Waals surface area contributed by atoms with Gasteiger partial charge in [-0.2, -0.15) is 9.83 Å². The molecule has 1 aromatic carbocycles. The molecule has 0 N–H and O–H groups in total. The van der Waals surface area contributed by atoms with E-state index in [1.54, 1.807) is 0 Å². The summed E-state index contributed by atoms with van der Waals surface area (Å²) in [7, 11) is 0. The zero-order valence-electron chi connectivity index (χ0n) is 16.8. The normalized spacial score (nSPS) is 9.79. The molecule has 0 spiro atoms. The number of unbranched alkanes of at least 4 members (excludes halogenated alkanes) is 4. The van der Waals surface area contributed by atoms with Crippen molar-refractivity contribution in [2.75, 3.05) is 0 Å². The minimum Gasteiger partial charge on any atom is -1.00 e. The van der Waals surface area contributed by atoms with Crippen molar-refractivity contribution in [1.82, 2.24) is 0 Å². The fourth-order valence-corrected chi connectivity index (χ4v) is 3.20. The molecule has 0 bridgehead atoms. The highest BCUT2D eigenvalue weighted by molar-refractivity contribution is 5.61. The molecule has 0 radical (unpaired) electrons. The average molecular weight is 473 g/mol. The molecule has 0 unspecified atom stereocenters. The smallest absolute Gasteiger partial charge is 0.210 e. The van der Waals surface area contributed by atoms with Crippen molar-refractivity contribution in [2.45, 2.75) is 45.6 Å². The lowest BCUT2D eigenvalue weighted by atomic mass is 10.1. The van der Waals surface area contributed by atoms with Crippen LogP contribution in [-0.4, -0.2) is 0 Å². The molecule has 0 aliphatic carbocycles. The summed E-state index contributed by atoms with van der Waals surface area (Å²) < 4.78 is 4.33. The molecule has 0 saturated carbocycles. The molecular formula is C24H27BrClN3. The predicted molar refractivity (Wildman–Crippen MR) is 107 cm³/mol. The van der Waals surface area contributed by atoms with Gasteiger partial charge in [0.1, 0.15) is 6.54 Å². The van der Waals surface area contributed by atoms with E-state index in [0.717, 1.165) is 12.2 Å². The van der Waals surface area contributed by atoms with E-state index in [9.17, 15) is 0 Å². The van der Waals surface area contributed by atoms with Crippen LogP contribution in [0, 0.1) is 11.3 Å². The third-order valence-corrected chi connectivity index (χ3v) is 4.87. The van der Waals surface area contributed by atoms with Crippen molar-refractivity contribution in [1.29, 1.82) is 5.26 Å². The van der Waals surface area contributed by atoms with Crippen molar-refractivity contribution in [3.63, 3.8) is 0 Å². The Hall–Kier alpha value is -2.22. The number of aryl methyl sites for hydroxylation is 1. The van der Waals surface area contributed by atoms with E-state index in [2.05, 4.69) is 71.2 Å². The molecule has 3 nitrogen and oxygen atoms in total. The molecule has 0 fully saturated rings. The highest BCUT2D eigenvalue weighted by atomic mass is 79.9. The van der Waals surface area contributed by atoms with Gasteiger partial charge >= 0.3 is 0 Å². The van der Waals surface area contributed by atoms with E-state index in [0.29, 0.717) is 5.56 Å². The number of rotatable bonds is 8. The first-order valence-electron chi connectivity index (χ1n) is 9.81. The van der Waals surface area contributed by atoms with Crippen molar-refractivity contribution in [3.8, 4) is 22.9 Å². The van der Waals surface area contributed by atoms with Crippen LogP contribution in [0.3, 0.4) is 0 Å². The lowest BCUT2D eigenvalue weighted by Gasteiger charge is -2.02. The van der Waals surface area contributed by atoms with Crippen molar-refractivity contribution in [3.05, 3.63) is 78.9 Å². The Morgan fingerprint density at radius 3 is 1.86 bits per heavy atom. The summed E-state index contributed by atoms with van der Waals surface area (Å²) in [5.41, 5.74) is 4.16. The summed E-state index contributed by atoms with van der Waals surface area (Å²) in [4.78, 5) is 0. The van der Waals surface area contributed by atoms with Gasteiger partial charge in [-0.3, -0.25) is 0 Å². The molecule has 3 rings (SSSR count). The fourth-order valence-electron chi connectivity index (χ4n) is 3.20. The molecule has 152 valence electrons. The maximum absolute atomic E-state index is 8.90. The number of hydrogen-bond acceptors (Lipinski definition) is 1. The summed E-state index contributed by atoms with van der Waals surface area (Å²) in [6.07, 6.45) is 15.0. The quantitative estimate of drug-likeness (QED) is 0.298. The molecule has 0 saturated heterocycles. The third kappa shape index (κ3) is 7.27. The summed E-state index contributed by atoms with van der Waals surface area (Å²) in [6.45, 7) is 3.35. The summed E-state index contributed by atoms with van der Waals surface area (Å²) in [5, 5.41) is 8.90. The van der Waals surface area contributed by atoms with E-state index in [-0.39, 0.29) is 29.4 Å². The van der Waals surface area contributed by atoms with Crippen molar-refractivity contribution in [2.24, 2.45) is 0 Å². The Balaban J connectivity index is 0.00000210. The zero-order valence-corrected chi connectivity index (χ0v) is 19.1. The molecule has 29 heavy (non-hydrogen) atoms. The van der Waals surface area contributed by atoms with Crippen LogP contribution < -0.4 is 38.5 Å². The van der Waals surface area contributed by atoms with Crippen LogP contribution in [0.5, 0.6) is 0 Å². The summed E-state index contributed by atoms with van der Waals surface area (Å²) in [5.74, 6) is 0. The van der Waals surface area contributed by atoms with E-state index < -0.39 is 0 Å². The van der Waals surface area contributed by atoms with Crippen LogP contribution in [0.4, 0.5) is 0 Å². The maximum Gasteiger partial charge on any atom is 0.210 e. The van der Waals surface area contributed by atoms with Gasteiger partial charge in [0.25, 0.3) is 0 Å². The topological polar surface area (TPSA) is 31.5 Å². The molecule has 0 amide bonds. The first kappa shape index (κ1) is 24.8. The maximum atomic E-state index is 8.90. The van der Waals surface area contributed by atoms with Crippen molar-refractivity contribution < 1.29 is 38.5 Å². The number of hydrogen-bond donors (Lipinski definition) is 0. The van der Waals surface area contributed by atoms with Gasteiger partial charge < -0.3 is 29.4 Å². The summed E-state index contributed by atoms with van der Waals surface area (Å²) in [6, 6.07) is 18.4. The minimum atomic E-state index is 0. The van der Waals surface area contributed by atoms with Gasteiger partial charge in [-0.25, -0.2) is 4.57 Å². The van der Waals surface area contributed by atoms with Gasteiger partial charge in [0.2, 0.25) is 5.69 Å². The second-order valence-electron chi connectivity index (χ2n) is 6.89. The molecule has 0 atom stereocenters. The number of halogens is 2. The van der Waals surface area contributed by atoms with Gasteiger partial charge in [-0.1, -0.05) is 26.2 Å². The SMILES string of the molecule is CCCCCCC[n+]1ccc(-c2cc[n+](-c3ccc(C#N)cc3)cc2)cc1.[Br-].[Cl-]. The standard InChI is InChI=1S/C24H27N3.BrH.ClH/c1-2-3-4-5-6-15-26-16-11-22(12-17-26)23-13-18-27(19-14-23)24-9-7-21(20-25)8-10-24;;/h7-14,16-19H,2-6,15H2,1H3;2*1H/q+2;;/p-2. The Kier molecular flexibility index (Phi) is 11.2. The second kappa shape index (κ2) is 13.1. The Morgan fingerprint density at radius 1 is 0.759 bits per heavy atom. The van der Waals surface area contributed by atoms with Gasteiger partial charge in [0, 0.05) is 42.8 Å². The van der Waals surface area contributed by atoms with Crippen LogP contribution in [-0.2, 0) is 6.54 Å². The number of benzene rings is 1. The second-order valence-corrected chi connectivity index (χ2v) is 6.89. The van der Waals surface area contributed by atoms with E-state index in [1.807, 2.05) is 24.3 Å². The number of nitrogens with zero attached hydrogens (tertiary/aromatic N) is 3. The van der Waals surface area contributed by atoms with Gasteiger partial charge in [0.05, 0.1) is 11.6 Å². The van der Waals surface area contributed by atoms with Crippen LogP contribution >= 0.6 is 0 Å². The van der Waals surface area contributed by atoms with Crippen LogP contribution in [0.2, 0.25) is 0 Å². The number of nitriles is 1. The van der Waals surface area contributed by atoms with E-state index >= 15 is 0 Å². The molecule has 0 aliphatic heterocycles. The van der Waals surface area contributed by atoms with Gasteiger partial charge in [-0.15, -0.1) is 0 Å². The van der Waals surface area contributed by atoms with Crippen LogP contribution in [0.15, 0.2) is 73.3 Å². The lowest BCUT2D eigenvalue weighted by molar-refractivity contribution is -0.697. The average Bonchev–Trinajstić information content (AvgIpc) is 2.74.